The summed E-state index contributed by atoms with van der Waals surface area (Å²) in [4.78, 5) is 12.5. The molecule has 0 radical (unpaired) electrons. The molecule has 0 aliphatic heterocycles. The standard InChI is InChI=1S/C10H12BrNO2/c1-12(4-5-13)9-3-2-8(7-14)10(11)6-9/h2-3,6-7,13H,4-5H2,1H3. The average Bonchev–Trinajstić information content (AvgIpc) is 2.18. The Balaban J connectivity index is 2.90. The molecule has 0 saturated heterocycles. The van der Waals surface area contributed by atoms with Crippen LogP contribution in [0.25, 0.3) is 0 Å². The van der Waals surface area contributed by atoms with E-state index in [4.69, 9.17) is 5.11 Å². The first-order valence-corrected chi connectivity index (χ1v) is 5.05. The van der Waals surface area contributed by atoms with E-state index in [1.165, 1.54) is 0 Å². The van der Waals surface area contributed by atoms with Crippen molar-refractivity contribution in [2.45, 2.75) is 0 Å². The molecular weight excluding hydrogens is 246 g/mol. The Morgan fingerprint density at radius 1 is 1.57 bits per heavy atom. The molecule has 0 aliphatic rings. The Morgan fingerprint density at radius 2 is 2.29 bits per heavy atom. The number of aliphatic hydroxyl groups is 1. The maximum absolute atomic E-state index is 10.6. The first-order chi connectivity index (χ1) is 6.69. The van der Waals surface area contributed by atoms with Crippen molar-refractivity contribution in [1.29, 1.82) is 0 Å². The fraction of sp³-hybridized carbons (Fsp3) is 0.300. The lowest BCUT2D eigenvalue weighted by molar-refractivity contribution is 0.112. The minimum atomic E-state index is 0.115. The number of likely N-dealkylation sites (N-methyl/N-ethyl adjacent to an activating group) is 1. The Labute approximate surface area is 91.5 Å². The molecule has 14 heavy (non-hydrogen) atoms. The quantitative estimate of drug-likeness (QED) is 0.835. The van der Waals surface area contributed by atoms with Crippen LogP contribution in [0.1, 0.15) is 10.4 Å². The molecule has 0 aliphatic carbocycles. The summed E-state index contributed by atoms with van der Waals surface area (Å²) in [6, 6.07) is 5.46. The number of aliphatic hydroxyl groups excluding tert-OH is 1. The zero-order valence-electron chi connectivity index (χ0n) is 7.90. The highest BCUT2D eigenvalue weighted by atomic mass is 79.9. The van der Waals surface area contributed by atoms with Crippen LogP contribution in [0.5, 0.6) is 0 Å². The van der Waals surface area contributed by atoms with E-state index < -0.39 is 0 Å². The number of anilines is 1. The van der Waals surface area contributed by atoms with Gasteiger partial charge in [0.15, 0.2) is 6.29 Å². The molecule has 0 amide bonds. The molecule has 0 saturated carbocycles. The third-order valence-electron chi connectivity index (χ3n) is 1.99. The number of nitrogens with zero attached hydrogens (tertiary/aromatic N) is 1. The highest BCUT2D eigenvalue weighted by molar-refractivity contribution is 9.10. The largest absolute Gasteiger partial charge is 0.395 e. The summed E-state index contributed by atoms with van der Waals surface area (Å²) in [5.74, 6) is 0. The molecule has 0 bridgehead atoms. The number of hydrogen-bond acceptors (Lipinski definition) is 3. The van der Waals surface area contributed by atoms with Crippen LogP contribution < -0.4 is 4.90 Å². The lowest BCUT2D eigenvalue weighted by Crippen LogP contribution is -2.21. The van der Waals surface area contributed by atoms with Crippen molar-refractivity contribution in [2.75, 3.05) is 25.1 Å². The smallest absolute Gasteiger partial charge is 0.151 e. The van der Waals surface area contributed by atoms with Gasteiger partial charge in [-0.2, -0.15) is 0 Å². The molecule has 3 nitrogen and oxygen atoms in total. The van der Waals surface area contributed by atoms with Crippen LogP contribution in [0.4, 0.5) is 5.69 Å². The molecule has 0 fully saturated rings. The Hall–Kier alpha value is -0.870. The minimum absolute atomic E-state index is 0.115. The normalized spacial score (nSPS) is 9.93. The van der Waals surface area contributed by atoms with Crippen LogP contribution in [0.2, 0.25) is 0 Å². The number of carbonyl (C=O) groups is 1. The number of carbonyl (C=O) groups excluding carboxylic acids is 1. The van der Waals surface area contributed by atoms with Crippen LogP contribution in [0, 0.1) is 0 Å². The van der Waals surface area contributed by atoms with E-state index in [0.717, 1.165) is 16.4 Å². The van der Waals surface area contributed by atoms with Gasteiger partial charge in [-0.15, -0.1) is 0 Å². The average molecular weight is 258 g/mol. The van der Waals surface area contributed by atoms with E-state index in [0.29, 0.717) is 12.1 Å². The third kappa shape index (κ3) is 2.56. The number of rotatable bonds is 4. The van der Waals surface area contributed by atoms with Crippen molar-refractivity contribution < 1.29 is 9.90 Å². The van der Waals surface area contributed by atoms with E-state index in [1.54, 1.807) is 6.07 Å². The van der Waals surface area contributed by atoms with Crippen molar-refractivity contribution in [2.24, 2.45) is 0 Å². The van der Waals surface area contributed by atoms with Crippen molar-refractivity contribution >= 4 is 27.9 Å². The molecule has 1 N–H and O–H groups in total. The monoisotopic (exact) mass is 257 g/mol. The molecule has 0 atom stereocenters. The van der Waals surface area contributed by atoms with Gasteiger partial charge in [0, 0.05) is 29.3 Å². The van der Waals surface area contributed by atoms with Crippen molar-refractivity contribution in [3.8, 4) is 0 Å². The van der Waals surface area contributed by atoms with Crippen molar-refractivity contribution in [3.63, 3.8) is 0 Å². The summed E-state index contributed by atoms with van der Waals surface area (Å²) in [5, 5.41) is 8.76. The second-order valence-electron chi connectivity index (χ2n) is 2.97. The lowest BCUT2D eigenvalue weighted by Gasteiger charge is -2.18. The molecule has 1 aromatic carbocycles. The van der Waals surface area contributed by atoms with E-state index >= 15 is 0 Å². The van der Waals surface area contributed by atoms with E-state index in [-0.39, 0.29) is 6.61 Å². The fourth-order valence-electron chi connectivity index (χ4n) is 1.13. The molecule has 4 heteroatoms. The van der Waals surface area contributed by atoms with Gasteiger partial charge in [-0.3, -0.25) is 4.79 Å². The summed E-state index contributed by atoms with van der Waals surface area (Å²) < 4.78 is 0.773. The third-order valence-corrected chi connectivity index (χ3v) is 2.67. The van der Waals surface area contributed by atoms with Crippen LogP contribution in [-0.2, 0) is 0 Å². The van der Waals surface area contributed by atoms with Gasteiger partial charge in [0.1, 0.15) is 0 Å². The van der Waals surface area contributed by atoms with Gasteiger partial charge in [-0.05, 0) is 34.1 Å². The Bertz CT molecular complexity index is 328. The van der Waals surface area contributed by atoms with Gasteiger partial charge in [-0.25, -0.2) is 0 Å². The van der Waals surface area contributed by atoms with Gasteiger partial charge in [0.25, 0.3) is 0 Å². The highest BCUT2D eigenvalue weighted by Crippen LogP contribution is 2.22. The summed E-state index contributed by atoms with van der Waals surface area (Å²) in [6.45, 7) is 0.691. The molecule has 0 heterocycles. The van der Waals surface area contributed by atoms with Gasteiger partial charge >= 0.3 is 0 Å². The van der Waals surface area contributed by atoms with Crippen LogP contribution in [0.15, 0.2) is 22.7 Å². The number of aldehydes is 1. The van der Waals surface area contributed by atoms with Crippen molar-refractivity contribution in [3.05, 3.63) is 28.2 Å². The minimum Gasteiger partial charge on any atom is -0.395 e. The lowest BCUT2D eigenvalue weighted by atomic mass is 10.2. The van der Waals surface area contributed by atoms with Crippen LogP contribution in [-0.4, -0.2) is 31.6 Å². The van der Waals surface area contributed by atoms with Crippen LogP contribution in [0.3, 0.4) is 0 Å². The second kappa shape index (κ2) is 5.12. The predicted octanol–water partition coefficient (Wildman–Crippen LogP) is 1.69. The summed E-state index contributed by atoms with van der Waals surface area (Å²) in [5.41, 5.74) is 1.60. The predicted molar refractivity (Wildman–Crippen MR) is 59.9 cm³/mol. The maximum Gasteiger partial charge on any atom is 0.151 e. The van der Waals surface area contributed by atoms with Crippen molar-refractivity contribution in [1.82, 2.24) is 0 Å². The zero-order valence-corrected chi connectivity index (χ0v) is 9.49. The number of benzene rings is 1. The Kier molecular flexibility index (Phi) is 4.10. The summed E-state index contributed by atoms with van der Waals surface area (Å²) in [7, 11) is 1.89. The van der Waals surface area contributed by atoms with E-state index in [1.807, 2.05) is 24.1 Å². The first-order valence-electron chi connectivity index (χ1n) is 4.25. The molecule has 1 rings (SSSR count). The molecular formula is C10H12BrNO2. The molecule has 1 aromatic rings. The second-order valence-corrected chi connectivity index (χ2v) is 3.82. The maximum atomic E-state index is 10.6. The Morgan fingerprint density at radius 3 is 2.79 bits per heavy atom. The first kappa shape index (κ1) is 11.2. The van der Waals surface area contributed by atoms with Gasteiger partial charge < -0.3 is 10.0 Å². The van der Waals surface area contributed by atoms with Gasteiger partial charge in [-0.1, -0.05) is 0 Å². The fourth-order valence-corrected chi connectivity index (χ4v) is 1.59. The summed E-state index contributed by atoms with van der Waals surface area (Å²) >= 11 is 3.31. The molecule has 76 valence electrons. The topological polar surface area (TPSA) is 40.5 Å². The molecule has 0 aromatic heterocycles. The SMILES string of the molecule is CN(CCO)c1ccc(C=O)c(Br)c1. The van der Waals surface area contributed by atoms with Gasteiger partial charge in [0.2, 0.25) is 0 Å². The summed E-state index contributed by atoms with van der Waals surface area (Å²) in [6.07, 6.45) is 0.805. The molecule has 0 unspecified atom stereocenters. The highest BCUT2D eigenvalue weighted by Gasteiger charge is 2.03. The van der Waals surface area contributed by atoms with E-state index in [2.05, 4.69) is 15.9 Å². The molecule has 0 spiro atoms. The van der Waals surface area contributed by atoms with E-state index in [9.17, 15) is 4.79 Å². The van der Waals surface area contributed by atoms with Gasteiger partial charge in [0.05, 0.1) is 6.61 Å². The number of halogens is 1. The van der Waals surface area contributed by atoms with Crippen LogP contribution >= 0.6 is 15.9 Å². The number of hydrogen-bond donors (Lipinski definition) is 1. The zero-order chi connectivity index (χ0) is 10.6.